The number of carbonyl (C=O) groups is 1. The van der Waals surface area contributed by atoms with Crippen molar-refractivity contribution in [3.63, 3.8) is 0 Å². The van der Waals surface area contributed by atoms with Crippen LogP contribution in [0.4, 0.5) is 17.5 Å². The number of aromatic nitrogens is 4. The maximum absolute atomic E-state index is 12.7. The van der Waals surface area contributed by atoms with Gasteiger partial charge in [-0.25, -0.2) is 14.6 Å². The first-order valence-corrected chi connectivity index (χ1v) is 10.9. The molecule has 4 rings (SSSR count). The summed E-state index contributed by atoms with van der Waals surface area (Å²) in [4.78, 5) is 20.9. The topological polar surface area (TPSA) is 125 Å². The molecule has 1 amide bonds. The maximum atomic E-state index is 12.7. The van der Waals surface area contributed by atoms with Crippen molar-refractivity contribution < 1.29 is 4.79 Å². The number of para-hydroxylation sites is 1. The highest BCUT2D eigenvalue weighted by molar-refractivity contribution is 7.99. The minimum Gasteiger partial charge on any atom is -0.383 e. The summed E-state index contributed by atoms with van der Waals surface area (Å²) in [6, 6.07) is 19.2. The van der Waals surface area contributed by atoms with Crippen molar-refractivity contribution in [3.8, 4) is 16.9 Å². The Balaban J connectivity index is 1.61. The van der Waals surface area contributed by atoms with Gasteiger partial charge in [0.1, 0.15) is 17.5 Å². The van der Waals surface area contributed by atoms with Crippen LogP contribution < -0.4 is 16.8 Å². The fraction of sp³-hybridized carbons (Fsp3) is 0.130. The van der Waals surface area contributed by atoms with E-state index in [0.717, 1.165) is 39.8 Å². The van der Waals surface area contributed by atoms with Gasteiger partial charge in [-0.05, 0) is 37.6 Å². The third kappa shape index (κ3) is 4.89. The van der Waals surface area contributed by atoms with Crippen molar-refractivity contribution in [2.45, 2.75) is 19.0 Å². The fourth-order valence-corrected chi connectivity index (χ4v) is 3.89. The zero-order valence-electron chi connectivity index (χ0n) is 17.7. The lowest BCUT2D eigenvalue weighted by Gasteiger charge is -2.08. The highest BCUT2D eigenvalue weighted by atomic mass is 32.2. The van der Waals surface area contributed by atoms with Crippen LogP contribution in [0.1, 0.15) is 11.1 Å². The van der Waals surface area contributed by atoms with Crippen LogP contribution in [-0.4, -0.2) is 31.4 Å². The van der Waals surface area contributed by atoms with Crippen molar-refractivity contribution in [3.05, 3.63) is 71.8 Å². The number of nitrogens with two attached hydrogens (primary N) is 2. The molecule has 0 unspecified atom stereocenters. The second-order valence-electron chi connectivity index (χ2n) is 7.32. The molecule has 4 aromatic rings. The first kappa shape index (κ1) is 21.4. The van der Waals surface area contributed by atoms with Gasteiger partial charge in [0.25, 0.3) is 0 Å². The standard InChI is InChI=1S/C23H23N7OS/c1-14-8-9-15(2)17(10-14)18-11-21(30(29-18)16-6-4-3-5-7-16)28-22(31)13-32-23-26-19(24)12-20(25)27-23/h3-12H,13H2,1-2H3,(H,28,31)(H4,24,25,26,27). The van der Waals surface area contributed by atoms with Crippen LogP contribution in [0.3, 0.4) is 0 Å². The molecule has 8 nitrogen and oxygen atoms in total. The number of anilines is 3. The lowest BCUT2D eigenvalue weighted by Crippen LogP contribution is -2.17. The SMILES string of the molecule is Cc1ccc(C)c(-c2cc(NC(=O)CSc3nc(N)cc(N)n3)n(-c3ccccc3)n2)c1. The summed E-state index contributed by atoms with van der Waals surface area (Å²) >= 11 is 1.16. The van der Waals surface area contributed by atoms with Gasteiger partial charge in [-0.1, -0.05) is 47.7 Å². The minimum absolute atomic E-state index is 0.0989. The molecule has 2 aromatic heterocycles. The first-order valence-electron chi connectivity index (χ1n) is 9.95. The Bertz CT molecular complexity index is 1250. The summed E-state index contributed by atoms with van der Waals surface area (Å²) in [5.74, 6) is 0.984. The van der Waals surface area contributed by atoms with Gasteiger partial charge in [0.05, 0.1) is 17.1 Å². The molecular weight excluding hydrogens is 422 g/mol. The Morgan fingerprint density at radius 3 is 2.44 bits per heavy atom. The second kappa shape index (κ2) is 9.11. The van der Waals surface area contributed by atoms with Crippen LogP contribution in [0, 0.1) is 13.8 Å². The first-order chi connectivity index (χ1) is 15.4. The maximum Gasteiger partial charge on any atom is 0.236 e. The molecule has 2 aromatic carbocycles. The summed E-state index contributed by atoms with van der Waals surface area (Å²) < 4.78 is 1.73. The lowest BCUT2D eigenvalue weighted by atomic mass is 10.0. The Morgan fingerprint density at radius 2 is 1.72 bits per heavy atom. The van der Waals surface area contributed by atoms with Crippen LogP contribution >= 0.6 is 11.8 Å². The van der Waals surface area contributed by atoms with E-state index in [0.29, 0.717) is 11.0 Å². The molecule has 0 aliphatic rings. The molecule has 0 atom stereocenters. The van der Waals surface area contributed by atoms with E-state index >= 15 is 0 Å². The van der Waals surface area contributed by atoms with Crippen molar-refractivity contribution in [1.82, 2.24) is 19.7 Å². The van der Waals surface area contributed by atoms with Crippen LogP contribution in [0.2, 0.25) is 0 Å². The summed E-state index contributed by atoms with van der Waals surface area (Å²) in [7, 11) is 0. The average Bonchev–Trinajstić information content (AvgIpc) is 3.17. The molecule has 0 aliphatic carbocycles. The molecule has 0 spiro atoms. The molecule has 2 heterocycles. The summed E-state index contributed by atoms with van der Waals surface area (Å²) in [5, 5.41) is 8.09. The molecule has 162 valence electrons. The smallest absolute Gasteiger partial charge is 0.236 e. The molecule has 5 N–H and O–H groups in total. The highest BCUT2D eigenvalue weighted by Crippen LogP contribution is 2.28. The number of benzene rings is 2. The molecular formula is C23H23N7OS. The quantitative estimate of drug-likeness (QED) is 0.304. The van der Waals surface area contributed by atoms with Gasteiger partial charge in [-0.3, -0.25) is 4.79 Å². The Kier molecular flexibility index (Phi) is 6.09. The van der Waals surface area contributed by atoms with Crippen LogP contribution in [0.15, 0.2) is 65.8 Å². The number of carbonyl (C=O) groups excluding carboxylic acids is 1. The second-order valence-corrected chi connectivity index (χ2v) is 8.26. The molecule has 0 aliphatic heterocycles. The molecule has 0 fully saturated rings. The minimum atomic E-state index is -0.218. The van der Waals surface area contributed by atoms with Crippen molar-refractivity contribution in [2.24, 2.45) is 0 Å². The van der Waals surface area contributed by atoms with Crippen molar-refractivity contribution >= 4 is 35.1 Å². The number of nitrogens with zero attached hydrogens (tertiary/aromatic N) is 4. The van der Waals surface area contributed by atoms with Crippen LogP contribution in [0.25, 0.3) is 16.9 Å². The van der Waals surface area contributed by atoms with E-state index in [2.05, 4.69) is 33.5 Å². The van der Waals surface area contributed by atoms with Gasteiger partial charge in [0.2, 0.25) is 5.91 Å². The third-order valence-electron chi connectivity index (χ3n) is 4.72. The van der Waals surface area contributed by atoms with E-state index in [9.17, 15) is 4.79 Å². The predicted octanol–water partition coefficient (Wildman–Crippen LogP) is 3.84. The molecule has 32 heavy (non-hydrogen) atoms. The van der Waals surface area contributed by atoms with E-state index < -0.39 is 0 Å². The Labute approximate surface area is 190 Å². The summed E-state index contributed by atoms with van der Waals surface area (Å²) in [6.45, 7) is 4.09. The summed E-state index contributed by atoms with van der Waals surface area (Å²) in [5.41, 5.74) is 16.3. The molecule has 9 heteroatoms. The number of rotatable bonds is 6. The van der Waals surface area contributed by atoms with E-state index in [1.807, 2.05) is 50.2 Å². The van der Waals surface area contributed by atoms with Gasteiger partial charge in [-0.15, -0.1) is 0 Å². The largest absolute Gasteiger partial charge is 0.383 e. The van der Waals surface area contributed by atoms with E-state index in [-0.39, 0.29) is 23.3 Å². The fourth-order valence-electron chi connectivity index (χ4n) is 3.22. The monoisotopic (exact) mass is 445 g/mol. The number of aryl methyl sites for hydroxylation is 2. The van der Waals surface area contributed by atoms with Gasteiger partial charge in [-0.2, -0.15) is 5.10 Å². The molecule has 0 saturated heterocycles. The van der Waals surface area contributed by atoms with Gasteiger partial charge in [0.15, 0.2) is 5.16 Å². The van der Waals surface area contributed by atoms with Crippen LogP contribution in [-0.2, 0) is 4.79 Å². The Morgan fingerprint density at radius 1 is 1.00 bits per heavy atom. The number of amides is 1. The molecule has 0 bridgehead atoms. The number of hydrogen-bond acceptors (Lipinski definition) is 7. The van der Waals surface area contributed by atoms with Crippen LogP contribution in [0.5, 0.6) is 0 Å². The van der Waals surface area contributed by atoms with Gasteiger partial charge >= 0.3 is 0 Å². The average molecular weight is 446 g/mol. The van der Waals surface area contributed by atoms with Crippen molar-refractivity contribution in [2.75, 3.05) is 22.5 Å². The highest BCUT2D eigenvalue weighted by Gasteiger charge is 2.16. The van der Waals surface area contributed by atoms with Crippen molar-refractivity contribution in [1.29, 1.82) is 0 Å². The zero-order valence-corrected chi connectivity index (χ0v) is 18.6. The summed E-state index contributed by atoms with van der Waals surface area (Å²) in [6.07, 6.45) is 0. The van der Waals surface area contributed by atoms with Gasteiger partial charge < -0.3 is 16.8 Å². The number of hydrogen-bond donors (Lipinski definition) is 3. The predicted molar refractivity (Wildman–Crippen MR) is 129 cm³/mol. The number of nitrogen functional groups attached to an aromatic ring is 2. The zero-order chi connectivity index (χ0) is 22.7. The molecule has 0 radical (unpaired) electrons. The molecule has 0 saturated carbocycles. The third-order valence-corrected chi connectivity index (χ3v) is 5.57. The van der Waals surface area contributed by atoms with E-state index in [1.54, 1.807) is 4.68 Å². The number of nitrogens with one attached hydrogen (secondary N) is 1. The lowest BCUT2D eigenvalue weighted by molar-refractivity contribution is -0.113. The normalized spacial score (nSPS) is 10.8. The van der Waals surface area contributed by atoms with E-state index in [1.165, 1.54) is 6.07 Å². The number of thioether (sulfide) groups is 1. The Hall–Kier alpha value is -3.85. The van der Waals surface area contributed by atoms with E-state index in [4.69, 9.17) is 16.6 Å². The van der Waals surface area contributed by atoms with Gasteiger partial charge in [0, 0.05) is 17.7 Å².